The Labute approximate surface area is 155 Å². The molecule has 0 saturated heterocycles. The van der Waals surface area contributed by atoms with Crippen molar-refractivity contribution in [1.82, 2.24) is 9.97 Å². The predicted molar refractivity (Wildman–Crippen MR) is 105 cm³/mol. The van der Waals surface area contributed by atoms with E-state index >= 15 is 0 Å². The van der Waals surface area contributed by atoms with E-state index < -0.39 is 0 Å². The van der Waals surface area contributed by atoms with Crippen molar-refractivity contribution in [3.05, 3.63) is 50.4 Å². The number of nitrogens with one attached hydrogen (secondary N) is 1. The molecule has 0 fully saturated rings. The fourth-order valence-corrected chi connectivity index (χ4v) is 4.63. The average molecular weight is 368 g/mol. The number of hydrogen-bond donors (Lipinski definition) is 1. The first kappa shape index (κ1) is 16.8. The quantitative estimate of drug-likeness (QED) is 0.754. The Morgan fingerprint density at radius 3 is 2.54 bits per heavy atom. The zero-order chi connectivity index (χ0) is 18.1. The fourth-order valence-electron chi connectivity index (χ4n) is 3.36. The Hall–Kier alpha value is -2.60. The number of methoxy groups -OCH3 is 2. The van der Waals surface area contributed by atoms with Crippen LogP contribution >= 0.6 is 11.3 Å². The molecule has 0 spiro atoms. The molecule has 4 rings (SSSR count). The van der Waals surface area contributed by atoms with Crippen LogP contribution in [0.2, 0.25) is 0 Å². The number of thiophene rings is 1. The van der Waals surface area contributed by atoms with Gasteiger partial charge in [0.1, 0.15) is 22.2 Å². The number of nitrogens with zero attached hydrogens (tertiary/aromatic N) is 1. The van der Waals surface area contributed by atoms with Gasteiger partial charge in [-0.05, 0) is 55.0 Å². The van der Waals surface area contributed by atoms with Gasteiger partial charge in [0, 0.05) is 10.9 Å². The maximum absolute atomic E-state index is 12.6. The highest BCUT2D eigenvalue weighted by atomic mass is 32.1. The fraction of sp³-hybridized carbons (Fsp3) is 0.300. The third-order valence-electron chi connectivity index (χ3n) is 4.65. The largest absolute Gasteiger partial charge is 0.497 e. The lowest BCUT2D eigenvalue weighted by molar-refractivity contribution is 0.394. The molecule has 6 heteroatoms. The first-order chi connectivity index (χ1) is 12.7. The van der Waals surface area contributed by atoms with Gasteiger partial charge in [-0.2, -0.15) is 0 Å². The normalized spacial score (nSPS) is 13.9. The third kappa shape index (κ3) is 3.12. The van der Waals surface area contributed by atoms with Crippen LogP contribution in [0.15, 0.2) is 23.0 Å². The van der Waals surface area contributed by atoms with Gasteiger partial charge in [-0.3, -0.25) is 4.79 Å². The minimum atomic E-state index is -0.0442. The van der Waals surface area contributed by atoms with Crippen LogP contribution in [-0.4, -0.2) is 24.2 Å². The van der Waals surface area contributed by atoms with Crippen molar-refractivity contribution >= 4 is 33.7 Å². The van der Waals surface area contributed by atoms with E-state index in [9.17, 15) is 4.79 Å². The summed E-state index contributed by atoms with van der Waals surface area (Å²) in [7, 11) is 3.24. The molecule has 5 nitrogen and oxygen atoms in total. The van der Waals surface area contributed by atoms with Crippen molar-refractivity contribution in [3.8, 4) is 11.5 Å². The average Bonchev–Trinajstić information content (AvgIpc) is 3.04. The smallest absolute Gasteiger partial charge is 0.260 e. The maximum Gasteiger partial charge on any atom is 0.260 e. The highest BCUT2D eigenvalue weighted by Crippen LogP contribution is 2.33. The SMILES string of the molecule is COc1cc(/C=C/c2nc3sc4c(c3c(=O)[nH]2)CCCC4)cc(OC)c1. The predicted octanol–water partition coefficient (Wildman–Crippen LogP) is 4.05. The van der Waals surface area contributed by atoms with E-state index in [0.29, 0.717) is 17.3 Å². The molecule has 1 aromatic carbocycles. The van der Waals surface area contributed by atoms with Gasteiger partial charge < -0.3 is 14.5 Å². The van der Waals surface area contributed by atoms with Crippen molar-refractivity contribution in [2.45, 2.75) is 25.7 Å². The summed E-state index contributed by atoms with van der Waals surface area (Å²) in [5, 5.41) is 0.782. The number of aryl methyl sites for hydroxylation is 2. The van der Waals surface area contributed by atoms with Crippen LogP contribution in [0.5, 0.6) is 11.5 Å². The van der Waals surface area contributed by atoms with Crippen LogP contribution in [0, 0.1) is 0 Å². The van der Waals surface area contributed by atoms with Crippen molar-refractivity contribution < 1.29 is 9.47 Å². The van der Waals surface area contributed by atoms with Crippen LogP contribution in [0.3, 0.4) is 0 Å². The zero-order valence-electron chi connectivity index (χ0n) is 14.8. The summed E-state index contributed by atoms with van der Waals surface area (Å²) in [6.07, 6.45) is 8.10. The molecule has 1 N–H and O–H groups in total. The number of aromatic nitrogens is 2. The van der Waals surface area contributed by atoms with Crippen molar-refractivity contribution in [3.63, 3.8) is 0 Å². The Kier molecular flexibility index (Phi) is 4.51. The van der Waals surface area contributed by atoms with Gasteiger partial charge in [0.2, 0.25) is 0 Å². The number of fused-ring (bicyclic) bond motifs is 3. The van der Waals surface area contributed by atoms with E-state index in [1.54, 1.807) is 25.6 Å². The van der Waals surface area contributed by atoms with Gasteiger partial charge in [0.15, 0.2) is 0 Å². The molecule has 3 aromatic rings. The van der Waals surface area contributed by atoms with E-state index in [-0.39, 0.29) is 5.56 Å². The lowest BCUT2D eigenvalue weighted by atomic mass is 9.97. The molecule has 0 unspecified atom stereocenters. The Bertz CT molecular complexity index is 1030. The van der Waals surface area contributed by atoms with E-state index in [2.05, 4.69) is 9.97 Å². The maximum atomic E-state index is 12.6. The second-order valence-corrected chi connectivity index (χ2v) is 7.41. The van der Waals surface area contributed by atoms with Gasteiger partial charge in [-0.15, -0.1) is 11.3 Å². The number of ether oxygens (including phenoxy) is 2. The van der Waals surface area contributed by atoms with E-state index in [0.717, 1.165) is 35.0 Å². The molecule has 1 aliphatic carbocycles. The molecule has 2 aromatic heterocycles. The lowest BCUT2D eigenvalue weighted by Crippen LogP contribution is -2.11. The van der Waals surface area contributed by atoms with E-state index in [1.165, 1.54) is 16.9 Å². The number of H-pyrrole nitrogens is 1. The van der Waals surface area contributed by atoms with Crippen LogP contribution in [0.1, 0.15) is 34.7 Å². The van der Waals surface area contributed by atoms with Crippen LogP contribution in [0.25, 0.3) is 22.4 Å². The van der Waals surface area contributed by atoms with Crippen LogP contribution < -0.4 is 15.0 Å². The summed E-state index contributed by atoms with van der Waals surface area (Å²) in [5.41, 5.74) is 2.07. The number of benzene rings is 1. The van der Waals surface area contributed by atoms with E-state index in [4.69, 9.17) is 9.47 Å². The molecular weight excluding hydrogens is 348 g/mol. The summed E-state index contributed by atoms with van der Waals surface area (Å²) in [6.45, 7) is 0. The molecule has 0 aliphatic heterocycles. The molecule has 26 heavy (non-hydrogen) atoms. The summed E-state index contributed by atoms with van der Waals surface area (Å²) >= 11 is 1.66. The Morgan fingerprint density at radius 1 is 1.08 bits per heavy atom. The first-order valence-electron chi connectivity index (χ1n) is 8.63. The second-order valence-electron chi connectivity index (χ2n) is 6.32. The van der Waals surface area contributed by atoms with Gasteiger partial charge in [0.25, 0.3) is 5.56 Å². The van der Waals surface area contributed by atoms with Gasteiger partial charge in [0.05, 0.1) is 19.6 Å². The molecule has 1 aliphatic rings. The molecular formula is C20H20N2O3S. The molecule has 0 saturated carbocycles. The van der Waals surface area contributed by atoms with Crippen molar-refractivity contribution in [2.24, 2.45) is 0 Å². The first-order valence-corrected chi connectivity index (χ1v) is 9.45. The van der Waals surface area contributed by atoms with Crippen molar-refractivity contribution in [1.29, 1.82) is 0 Å². The van der Waals surface area contributed by atoms with Gasteiger partial charge in [-0.25, -0.2) is 4.98 Å². The number of aromatic amines is 1. The molecule has 0 radical (unpaired) electrons. The summed E-state index contributed by atoms with van der Waals surface area (Å²) in [6, 6.07) is 5.62. The minimum Gasteiger partial charge on any atom is -0.497 e. The highest BCUT2D eigenvalue weighted by molar-refractivity contribution is 7.18. The highest BCUT2D eigenvalue weighted by Gasteiger charge is 2.19. The number of hydrogen-bond acceptors (Lipinski definition) is 5. The monoisotopic (exact) mass is 368 g/mol. The van der Waals surface area contributed by atoms with Gasteiger partial charge in [-0.1, -0.05) is 6.08 Å². The third-order valence-corrected chi connectivity index (χ3v) is 5.84. The van der Waals surface area contributed by atoms with Gasteiger partial charge >= 0.3 is 0 Å². The Morgan fingerprint density at radius 2 is 1.81 bits per heavy atom. The summed E-state index contributed by atoms with van der Waals surface area (Å²) in [5.74, 6) is 1.99. The van der Waals surface area contributed by atoms with Crippen LogP contribution in [-0.2, 0) is 12.8 Å². The molecule has 0 atom stereocenters. The second kappa shape index (κ2) is 6.96. The van der Waals surface area contributed by atoms with Crippen LogP contribution in [0.4, 0.5) is 0 Å². The Balaban J connectivity index is 1.71. The standard InChI is InChI=1S/C20H20N2O3S/c1-24-13-9-12(10-14(11-13)25-2)7-8-17-21-19(23)18-15-5-3-4-6-16(15)26-20(18)22-17/h7-11H,3-6H2,1-2H3,(H,21,22,23)/b8-7+. The topological polar surface area (TPSA) is 64.2 Å². The minimum absolute atomic E-state index is 0.0442. The number of rotatable bonds is 4. The molecule has 134 valence electrons. The van der Waals surface area contributed by atoms with E-state index in [1.807, 2.05) is 30.4 Å². The van der Waals surface area contributed by atoms with Crippen molar-refractivity contribution in [2.75, 3.05) is 14.2 Å². The summed E-state index contributed by atoms with van der Waals surface area (Å²) < 4.78 is 10.6. The zero-order valence-corrected chi connectivity index (χ0v) is 15.6. The molecule has 2 heterocycles. The summed E-state index contributed by atoms with van der Waals surface area (Å²) in [4.78, 5) is 22.3. The molecule has 0 amide bonds. The lowest BCUT2D eigenvalue weighted by Gasteiger charge is -2.09. The molecule has 0 bridgehead atoms.